The number of piperidine rings is 1. The highest BCUT2D eigenvalue weighted by Crippen LogP contribution is 2.29. The van der Waals surface area contributed by atoms with Crippen molar-refractivity contribution >= 4 is 27.5 Å². The lowest BCUT2D eigenvalue weighted by atomic mass is 9.98. The summed E-state index contributed by atoms with van der Waals surface area (Å²) in [5.41, 5.74) is 0.849. The number of hydrogen-bond donors (Lipinski definition) is 2. The van der Waals surface area contributed by atoms with Crippen LogP contribution < -0.4 is 10.6 Å². The lowest BCUT2D eigenvalue weighted by molar-refractivity contribution is 0.348. The van der Waals surface area contributed by atoms with Gasteiger partial charge in [-0.1, -0.05) is 11.6 Å². The van der Waals surface area contributed by atoms with Crippen LogP contribution in [0.4, 0.5) is 0 Å². The molecule has 3 rings (SSSR count). The minimum Gasteiger partial charge on any atom is -0.419 e. The van der Waals surface area contributed by atoms with E-state index < -0.39 is 0 Å². The lowest BCUT2D eigenvalue weighted by Gasteiger charge is -2.22. The van der Waals surface area contributed by atoms with Gasteiger partial charge in [0.25, 0.3) is 0 Å². The Kier molecular flexibility index (Phi) is 5.46. The maximum Gasteiger partial charge on any atom is 0.248 e. The van der Waals surface area contributed by atoms with E-state index in [2.05, 4.69) is 36.8 Å². The Morgan fingerprint density at radius 2 is 2.14 bits per heavy atom. The van der Waals surface area contributed by atoms with Gasteiger partial charge in [-0.05, 0) is 72.5 Å². The average Bonchev–Trinajstić information content (AvgIpc) is 2.97. The van der Waals surface area contributed by atoms with E-state index in [1.807, 2.05) is 12.1 Å². The van der Waals surface area contributed by atoms with E-state index in [4.69, 9.17) is 16.0 Å². The fourth-order valence-electron chi connectivity index (χ4n) is 2.57. The summed E-state index contributed by atoms with van der Waals surface area (Å²) in [4.78, 5) is 0. The van der Waals surface area contributed by atoms with Crippen LogP contribution in [0.2, 0.25) is 5.02 Å². The molecule has 0 amide bonds. The maximum absolute atomic E-state index is 5.94. The third-order valence-electron chi connectivity index (χ3n) is 3.80. The van der Waals surface area contributed by atoms with Crippen molar-refractivity contribution in [2.24, 2.45) is 5.92 Å². The molecule has 7 heteroatoms. The van der Waals surface area contributed by atoms with Crippen molar-refractivity contribution in [3.8, 4) is 11.5 Å². The Labute approximate surface area is 143 Å². The van der Waals surface area contributed by atoms with E-state index in [-0.39, 0.29) is 0 Å². The molecule has 1 aromatic heterocycles. The second-order valence-corrected chi connectivity index (χ2v) is 6.74. The van der Waals surface area contributed by atoms with Crippen LogP contribution in [0.5, 0.6) is 0 Å². The zero-order valence-corrected chi connectivity index (χ0v) is 14.5. The van der Waals surface area contributed by atoms with Crippen molar-refractivity contribution < 1.29 is 4.42 Å². The van der Waals surface area contributed by atoms with Crippen LogP contribution in [0.15, 0.2) is 27.1 Å². The highest BCUT2D eigenvalue weighted by molar-refractivity contribution is 9.10. The van der Waals surface area contributed by atoms with Crippen LogP contribution in [0, 0.1) is 5.92 Å². The van der Waals surface area contributed by atoms with Crippen LogP contribution in [0.25, 0.3) is 11.5 Å². The molecule has 0 spiro atoms. The van der Waals surface area contributed by atoms with Gasteiger partial charge in [-0.15, -0.1) is 10.2 Å². The first-order valence-corrected chi connectivity index (χ1v) is 8.58. The van der Waals surface area contributed by atoms with Gasteiger partial charge in [0, 0.05) is 9.50 Å². The summed E-state index contributed by atoms with van der Waals surface area (Å²) in [6.45, 7) is 3.81. The van der Waals surface area contributed by atoms with Crippen molar-refractivity contribution in [3.63, 3.8) is 0 Å². The Morgan fingerprint density at radius 1 is 1.32 bits per heavy atom. The van der Waals surface area contributed by atoms with Crippen LogP contribution in [0.1, 0.15) is 18.7 Å². The van der Waals surface area contributed by atoms with Gasteiger partial charge in [-0.25, -0.2) is 0 Å². The fraction of sp³-hybridized carbons (Fsp3) is 0.467. The second-order valence-electron chi connectivity index (χ2n) is 5.45. The summed E-state index contributed by atoms with van der Waals surface area (Å²) in [6, 6.07) is 5.49. The van der Waals surface area contributed by atoms with Gasteiger partial charge in [0.2, 0.25) is 11.8 Å². The Balaban J connectivity index is 1.56. The van der Waals surface area contributed by atoms with Crippen molar-refractivity contribution in [1.82, 2.24) is 20.8 Å². The number of hydrogen-bond acceptors (Lipinski definition) is 5. The molecule has 5 nitrogen and oxygen atoms in total. The summed E-state index contributed by atoms with van der Waals surface area (Å²) in [7, 11) is 0. The number of benzene rings is 1. The molecule has 0 unspecified atom stereocenters. The molecule has 118 valence electrons. The number of nitrogens with one attached hydrogen (secondary N) is 2. The molecule has 0 bridgehead atoms. The van der Waals surface area contributed by atoms with Crippen molar-refractivity contribution in [3.05, 3.63) is 33.6 Å². The van der Waals surface area contributed by atoms with Crippen LogP contribution in [0.3, 0.4) is 0 Å². The highest BCUT2D eigenvalue weighted by Gasteiger charge is 2.14. The number of aromatic nitrogens is 2. The largest absolute Gasteiger partial charge is 0.419 e. The van der Waals surface area contributed by atoms with E-state index in [1.54, 1.807) is 6.07 Å². The monoisotopic (exact) mass is 384 g/mol. The predicted molar refractivity (Wildman–Crippen MR) is 89.7 cm³/mol. The molecular weight excluding hydrogens is 368 g/mol. The summed E-state index contributed by atoms with van der Waals surface area (Å²) in [6.07, 6.45) is 2.44. The summed E-state index contributed by atoms with van der Waals surface area (Å²) in [5, 5.41) is 15.6. The zero-order valence-electron chi connectivity index (χ0n) is 12.1. The zero-order chi connectivity index (χ0) is 15.4. The molecule has 1 aliphatic rings. The third-order valence-corrected chi connectivity index (χ3v) is 4.69. The van der Waals surface area contributed by atoms with E-state index in [0.29, 0.717) is 23.3 Å². The van der Waals surface area contributed by atoms with Crippen LogP contribution in [-0.4, -0.2) is 29.8 Å². The van der Waals surface area contributed by atoms with E-state index >= 15 is 0 Å². The normalized spacial score (nSPS) is 16.1. The fourth-order valence-corrected chi connectivity index (χ4v) is 3.42. The third kappa shape index (κ3) is 4.07. The van der Waals surface area contributed by atoms with E-state index in [1.165, 1.54) is 12.8 Å². The molecule has 1 saturated heterocycles. The van der Waals surface area contributed by atoms with Gasteiger partial charge >= 0.3 is 0 Å². The molecule has 22 heavy (non-hydrogen) atoms. The average molecular weight is 386 g/mol. The van der Waals surface area contributed by atoms with E-state index in [0.717, 1.165) is 35.6 Å². The number of nitrogens with zero attached hydrogens (tertiary/aromatic N) is 2. The molecule has 0 aliphatic carbocycles. The summed E-state index contributed by atoms with van der Waals surface area (Å²) in [5.74, 6) is 1.84. The molecule has 1 aliphatic heterocycles. The maximum atomic E-state index is 5.94. The molecule has 0 atom stereocenters. The Bertz CT molecular complexity index is 628. The van der Waals surface area contributed by atoms with Crippen LogP contribution >= 0.6 is 27.5 Å². The smallest absolute Gasteiger partial charge is 0.248 e. The first-order valence-electron chi connectivity index (χ1n) is 7.41. The molecule has 1 fully saturated rings. The second kappa shape index (κ2) is 7.55. The first-order chi connectivity index (χ1) is 10.7. The minimum atomic E-state index is 0.502. The lowest BCUT2D eigenvalue weighted by Crippen LogP contribution is -2.33. The van der Waals surface area contributed by atoms with Gasteiger partial charge < -0.3 is 15.1 Å². The highest BCUT2D eigenvalue weighted by atomic mass is 79.9. The molecule has 2 heterocycles. The van der Waals surface area contributed by atoms with Gasteiger partial charge in [-0.2, -0.15) is 0 Å². The first kappa shape index (κ1) is 15.9. The van der Waals surface area contributed by atoms with Gasteiger partial charge in [0.1, 0.15) is 0 Å². The van der Waals surface area contributed by atoms with Crippen LogP contribution in [-0.2, 0) is 6.54 Å². The molecule has 0 radical (unpaired) electrons. The topological polar surface area (TPSA) is 63.0 Å². The minimum absolute atomic E-state index is 0.502. The Hall–Kier alpha value is -0.950. The van der Waals surface area contributed by atoms with Crippen molar-refractivity contribution in [2.45, 2.75) is 19.4 Å². The quantitative estimate of drug-likeness (QED) is 0.827. The predicted octanol–water partition coefficient (Wildman–Crippen LogP) is 3.24. The van der Waals surface area contributed by atoms with Crippen molar-refractivity contribution in [2.75, 3.05) is 19.6 Å². The Morgan fingerprint density at radius 3 is 2.91 bits per heavy atom. The molecule has 2 N–H and O–H groups in total. The van der Waals surface area contributed by atoms with Gasteiger partial charge in [0.05, 0.1) is 12.1 Å². The summed E-state index contributed by atoms with van der Waals surface area (Å²) < 4.78 is 6.55. The molecule has 2 aromatic rings. The standard InChI is InChI=1S/C15H18BrClN4O/c16-13-7-11(17)1-2-12(13)15-21-20-14(22-15)9-19-8-10-3-5-18-6-4-10/h1-2,7,10,18-19H,3-6,8-9H2. The van der Waals surface area contributed by atoms with E-state index in [9.17, 15) is 0 Å². The molecule has 1 aromatic carbocycles. The molecular formula is C15H18BrClN4O. The van der Waals surface area contributed by atoms with Crippen molar-refractivity contribution in [1.29, 1.82) is 0 Å². The SMILES string of the molecule is Clc1ccc(-c2nnc(CNCC3CCNCC3)o2)c(Br)c1. The summed E-state index contributed by atoms with van der Waals surface area (Å²) >= 11 is 9.40. The number of halogens is 2. The van der Waals surface area contributed by atoms with Gasteiger partial charge in [-0.3, -0.25) is 0 Å². The number of rotatable bonds is 5. The molecule has 0 saturated carbocycles. The van der Waals surface area contributed by atoms with Gasteiger partial charge in [0.15, 0.2) is 0 Å².